The topological polar surface area (TPSA) is 91.4 Å². The van der Waals surface area contributed by atoms with Crippen molar-refractivity contribution in [3.05, 3.63) is 45.9 Å². The fourth-order valence-electron chi connectivity index (χ4n) is 3.24. The van der Waals surface area contributed by atoms with E-state index in [2.05, 4.69) is 15.6 Å². The van der Waals surface area contributed by atoms with E-state index < -0.39 is 6.04 Å². The van der Waals surface area contributed by atoms with Gasteiger partial charge >= 0.3 is 0 Å². The summed E-state index contributed by atoms with van der Waals surface area (Å²) in [6.07, 6.45) is 1.15. The fourth-order valence-corrected chi connectivity index (χ4v) is 4.15. The molecule has 2 N–H and O–H groups in total. The van der Waals surface area contributed by atoms with Gasteiger partial charge in [0.05, 0.1) is 16.3 Å². The number of carbonyl (C=O) groups excluding carboxylic acids is 3. The molecular formula is C20H23ClN4O3S. The molecule has 1 aliphatic heterocycles. The van der Waals surface area contributed by atoms with Crippen molar-refractivity contribution in [2.24, 2.45) is 5.92 Å². The number of aryl methyl sites for hydroxylation is 1. The number of hydrogen-bond acceptors (Lipinski definition) is 5. The van der Waals surface area contributed by atoms with Gasteiger partial charge < -0.3 is 15.5 Å². The Morgan fingerprint density at radius 2 is 1.93 bits per heavy atom. The third-order valence-electron chi connectivity index (χ3n) is 4.86. The highest BCUT2D eigenvalue weighted by Gasteiger charge is 2.30. The standard InChI is InChI=1S/C20H23ClN4O3S/c1-12-11-29-20(22-12)24-17(26)14-7-9-25(10-8-14)19(28)13(2)23-18(27)15-5-3-4-6-16(15)21/h3-6,11,13-14H,7-10H2,1-2H3,(H,23,27)(H,22,24,26). The summed E-state index contributed by atoms with van der Waals surface area (Å²) in [5.41, 5.74) is 1.21. The largest absolute Gasteiger partial charge is 0.341 e. The second kappa shape index (κ2) is 9.37. The van der Waals surface area contributed by atoms with E-state index in [1.165, 1.54) is 11.3 Å². The van der Waals surface area contributed by atoms with Crippen LogP contribution < -0.4 is 10.6 Å². The van der Waals surface area contributed by atoms with E-state index in [0.717, 1.165) is 5.69 Å². The number of piperidine rings is 1. The minimum atomic E-state index is -0.678. The zero-order chi connectivity index (χ0) is 21.0. The molecule has 1 unspecified atom stereocenters. The maximum Gasteiger partial charge on any atom is 0.253 e. The van der Waals surface area contributed by atoms with Crippen LogP contribution in [0.3, 0.4) is 0 Å². The van der Waals surface area contributed by atoms with Gasteiger partial charge in [-0.15, -0.1) is 11.3 Å². The minimum absolute atomic E-state index is 0.0634. The van der Waals surface area contributed by atoms with Crippen LogP contribution in [0.25, 0.3) is 0 Å². The van der Waals surface area contributed by atoms with Gasteiger partial charge in [-0.05, 0) is 38.8 Å². The Labute approximate surface area is 178 Å². The number of halogens is 1. The minimum Gasteiger partial charge on any atom is -0.341 e. The molecule has 9 heteroatoms. The lowest BCUT2D eigenvalue weighted by atomic mass is 9.95. The lowest BCUT2D eigenvalue weighted by molar-refractivity contribution is -0.135. The Bertz CT molecular complexity index is 909. The number of aromatic nitrogens is 1. The van der Waals surface area contributed by atoms with Crippen LogP contribution in [0, 0.1) is 12.8 Å². The van der Waals surface area contributed by atoms with Crippen LogP contribution in [0.15, 0.2) is 29.6 Å². The highest BCUT2D eigenvalue weighted by Crippen LogP contribution is 2.22. The van der Waals surface area contributed by atoms with Crippen molar-refractivity contribution in [2.75, 3.05) is 18.4 Å². The van der Waals surface area contributed by atoms with Crippen molar-refractivity contribution >= 4 is 45.8 Å². The number of amides is 3. The molecule has 0 aliphatic carbocycles. The Kier molecular flexibility index (Phi) is 6.87. The normalized spacial score (nSPS) is 15.6. The molecule has 2 aromatic rings. The molecule has 1 fully saturated rings. The predicted molar refractivity (Wildman–Crippen MR) is 113 cm³/mol. The van der Waals surface area contributed by atoms with E-state index in [9.17, 15) is 14.4 Å². The van der Waals surface area contributed by atoms with Crippen LogP contribution >= 0.6 is 22.9 Å². The van der Waals surface area contributed by atoms with E-state index in [4.69, 9.17) is 11.6 Å². The van der Waals surface area contributed by atoms with Gasteiger partial charge in [-0.2, -0.15) is 0 Å². The molecule has 0 saturated carbocycles. The summed E-state index contributed by atoms with van der Waals surface area (Å²) in [7, 11) is 0. The number of rotatable bonds is 5. The zero-order valence-corrected chi connectivity index (χ0v) is 17.8. The summed E-state index contributed by atoms with van der Waals surface area (Å²) in [6, 6.07) is 6.02. The first kappa shape index (κ1) is 21.3. The van der Waals surface area contributed by atoms with Gasteiger partial charge in [-0.3, -0.25) is 14.4 Å². The summed E-state index contributed by atoms with van der Waals surface area (Å²) in [4.78, 5) is 43.4. The smallest absolute Gasteiger partial charge is 0.253 e. The van der Waals surface area contributed by atoms with Gasteiger partial charge in [0.15, 0.2) is 5.13 Å². The zero-order valence-electron chi connectivity index (χ0n) is 16.3. The molecule has 1 saturated heterocycles. The average Bonchev–Trinajstić information content (AvgIpc) is 3.12. The van der Waals surface area contributed by atoms with Gasteiger partial charge in [-0.1, -0.05) is 23.7 Å². The molecule has 0 bridgehead atoms. The lowest BCUT2D eigenvalue weighted by Crippen LogP contribution is -2.50. The second-order valence-electron chi connectivity index (χ2n) is 7.06. The lowest BCUT2D eigenvalue weighted by Gasteiger charge is -2.33. The Morgan fingerprint density at radius 1 is 1.24 bits per heavy atom. The maximum atomic E-state index is 12.7. The molecule has 0 spiro atoms. The number of thiazole rings is 1. The molecule has 3 rings (SSSR count). The van der Waals surface area contributed by atoms with Gasteiger partial charge in [0.25, 0.3) is 5.91 Å². The second-order valence-corrected chi connectivity index (χ2v) is 8.32. The average molecular weight is 435 g/mol. The third kappa shape index (κ3) is 5.33. The van der Waals surface area contributed by atoms with Crippen molar-refractivity contribution in [3.63, 3.8) is 0 Å². The van der Waals surface area contributed by atoms with Gasteiger partial charge in [0, 0.05) is 24.4 Å². The predicted octanol–water partition coefficient (Wildman–Crippen LogP) is 3.10. The first-order chi connectivity index (χ1) is 13.8. The van der Waals surface area contributed by atoms with E-state index in [1.54, 1.807) is 36.1 Å². The fraction of sp³-hybridized carbons (Fsp3) is 0.400. The molecule has 2 heterocycles. The first-order valence-electron chi connectivity index (χ1n) is 9.42. The number of nitrogens with zero attached hydrogens (tertiary/aromatic N) is 2. The molecule has 1 atom stereocenters. The SMILES string of the molecule is Cc1csc(NC(=O)C2CCN(C(=O)C(C)NC(=O)c3ccccc3Cl)CC2)n1. The van der Waals surface area contributed by atoms with Crippen LogP contribution in [-0.4, -0.2) is 46.7 Å². The number of hydrogen-bond donors (Lipinski definition) is 2. The molecule has 1 aliphatic rings. The Morgan fingerprint density at radius 3 is 2.55 bits per heavy atom. The monoisotopic (exact) mass is 434 g/mol. The van der Waals surface area contributed by atoms with Crippen LogP contribution in [0.4, 0.5) is 5.13 Å². The molecule has 29 heavy (non-hydrogen) atoms. The number of nitrogens with one attached hydrogen (secondary N) is 2. The Balaban J connectivity index is 1.49. The van der Waals surface area contributed by atoms with Gasteiger partial charge in [0.2, 0.25) is 11.8 Å². The molecule has 1 aromatic heterocycles. The van der Waals surface area contributed by atoms with Crippen molar-refractivity contribution in [2.45, 2.75) is 32.7 Å². The third-order valence-corrected chi connectivity index (χ3v) is 6.07. The number of benzene rings is 1. The summed E-state index contributed by atoms with van der Waals surface area (Å²) in [6.45, 7) is 4.48. The summed E-state index contributed by atoms with van der Waals surface area (Å²) in [5, 5.41) is 8.37. The molecular weight excluding hydrogens is 412 g/mol. The van der Waals surface area contributed by atoms with E-state index in [-0.39, 0.29) is 23.6 Å². The van der Waals surface area contributed by atoms with Crippen LogP contribution in [0.5, 0.6) is 0 Å². The summed E-state index contributed by atoms with van der Waals surface area (Å²) < 4.78 is 0. The first-order valence-corrected chi connectivity index (χ1v) is 10.7. The molecule has 154 valence electrons. The highest BCUT2D eigenvalue weighted by molar-refractivity contribution is 7.13. The van der Waals surface area contributed by atoms with Crippen molar-refractivity contribution in [1.82, 2.24) is 15.2 Å². The van der Waals surface area contributed by atoms with Crippen molar-refractivity contribution in [3.8, 4) is 0 Å². The van der Waals surface area contributed by atoms with Crippen LogP contribution in [0.1, 0.15) is 35.8 Å². The summed E-state index contributed by atoms with van der Waals surface area (Å²) in [5.74, 6) is -0.771. The quantitative estimate of drug-likeness (QED) is 0.756. The molecule has 7 nitrogen and oxygen atoms in total. The number of carbonyl (C=O) groups is 3. The van der Waals surface area contributed by atoms with Gasteiger partial charge in [0.1, 0.15) is 6.04 Å². The maximum absolute atomic E-state index is 12.7. The number of likely N-dealkylation sites (tertiary alicyclic amines) is 1. The molecule has 3 amide bonds. The molecule has 0 radical (unpaired) electrons. The van der Waals surface area contributed by atoms with Crippen molar-refractivity contribution in [1.29, 1.82) is 0 Å². The highest BCUT2D eigenvalue weighted by atomic mass is 35.5. The summed E-state index contributed by atoms with van der Waals surface area (Å²) >= 11 is 7.44. The van der Waals surface area contributed by atoms with E-state index in [1.807, 2.05) is 12.3 Å². The van der Waals surface area contributed by atoms with Crippen molar-refractivity contribution < 1.29 is 14.4 Å². The molecule has 1 aromatic carbocycles. The van der Waals surface area contributed by atoms with E-state index in [0.29, 0.717) is 41.6 Å². The van der Waals surface area contributed by atoms with Gasteiger partial charge in [-0.25, -0.2) is 4.98 Å². The van der Waals surface area contributed by atoms with Crippen LogP contribution in [0.2, 0.25) is 5.02 Å². The van der Waals surface area contributed by atoms with Crippen LogP contribution in [-0.2, 0) is 9.59 Å². The number of anilines is 1. The van der Waals surface area contributed by atoms with E-state index >= 15 is 0 Å². The Hall–Kier alpha value is -2.45.